The van der Waals surface area contributed by atoms with Crippen molar-refractivity contribution in [2.75, 3.05) is 38.4 Å². The van der Waals surface area contributed by atoms with Gasteiger partial charge in [0.05, 0.1) is 24.8 Å². The number of pyridine rings is 1. The first-order chi connectivity index (χ1) is 17.8. The summed E-state index contributed by atoms with van der Waals surface area (Å²) in [5, 5.41) is 3.20. The topological polar surface area (TPSA) is 102 Å². The van der Waals surface area contributed by atoms with Crippen molar-refractivity contribution in [3.8, 4) is 17.2 Å². The molecular formula is C27H31FN4O5. The van der Waals surface area contributed by atoms with E-state index in [0.29, 0.717) is 41.3 Å². The molecule has 1 unspecified atom stereocenters. The fourth-order valence-corrected chi connectivity index (χ4v) is 4.19. The molecule has 0 saturated heterocycles. The van der Waals surface area contributed by atoms with Gasteiger partial charge in [-0.15, -0.1) is 0 Å². The van der Waals surface area contributed by atoms with Gasteiger partial charge in [0.15, 0.2) is 0 Å². The first-order valence-corrected chi connectivity index (χ1v) is 12.1. The van der Waals surface area contributed by atoms with E-state index in [-0.39, 0.29) is 30.0 Å². The van der Waals surface area contributed by atoms with E-state index in [0.717, 1.165) is 11.3 Å². The summed E-state index contributed by atoms with van der Waals surface area (Å²) in [6, 6.07) is 10.2. The van der Waals surface area contributed by atoms with E-state index >= 15 is 0 Å². The van der Waals surface area contributed by atoms with Gasteiger partial charge >= 0.3 is 6.03 Å². The maximum atomic E-state index is 12.8. The Morgan fingerprint density at radius 2 is 2.00 bits per heavy atom. The number of carbonyl (C=O) groups excluding carboxylic acids is 2. The number of alkyl halides is 1. The second kappa shape index (κ2) is 11.4. The van der Waals surface area contributed by atoms with Crippen LogP contribution in [0, 0.1) is 5.92 Å². The molecule has 196 valence electrons. The number of nitrogens with zero attached hydrogens (tertiary/aromatic N) is 2. The monoisotopic (exact) mass is 510 g/mol. The summed E-state index contributed by atoms with van der Waals surface area (Å²) in [6.45, 7) is 6.22. The van der Waals surface area contributed by atoms with Crippen LogP contribution in [0.15, 0.2) is 42.6 Å². The average molecular weight is 511 g/mol. The summed E-state index contributed by atoms with van der Waals surface area (Å²) in [6.07, 6.45) is 1.62. The van der Waals surface area contributed by atoms with Crippen LogP contribution in [-0.2, 0) is 4.84 Å². The number of ether oxygens (including phenoxy) is 2. The summed E-state index contributed by atoms with van der Waals surface area (Å²) < 4.78 is 24.1. The first kappa shape index (κ1) is 26.2. The molecule has 0 saturated carbocycles. The Morgan fingerprint density at radius 1 is 1.19 bits per heavy atom. The van der Waals surface area contributed by atoms with Crippen molar-refractivity contribution in [3.05, 3.63) is 53.7 Å². The molecule has 0 radical (unpaired) electrons. The van der Waals surface area contributed by atoms with Gasteiger partial charge in [0.1, 0.15) is 23.9 Å². The zero-order valence-electron chi connectivity index (χ0n) is 21.3. The van der Waals surface area contributed by atoms with E-state index in [4.69, 9.17) is 14.3 Å². The molecule has 2 heterocycles. The number of aromatic nitrogens is 1. The van der Waals surface area contributed by atoms with Crippen LogP contribution in [0.4, 0.5) is 14.9 Å². The maximum Gasteiger partial charge on any atom is 0.321 e. The summed E-state index contributed by atoms with van der Waals surface area (Å²) in [4.78, 5) is 36.5. The number of rotatable bonds is 9. The molecule has 0 fully saturated rings. The molecule has 4 rings (SSSR count). The minimum Gasteiger partial charge on any atom is -0.496 e. The predicted octanol–water partition coefficient (Wildman–Crippen LogP) is 4.96. The van der Waals surface area contributed by atoms with Gasteiger partial charge in [-0.05, 0) is 41.8 Å². The predicted molar refractivity (Wildman–Crippen MR) is 138 cm³/mol. The number of halogens is 1. The standard InChI is InChI=1S/C27H31FN4O5/c1-16(2)15-36-31-26(33)21-12-20-22(13-25(21)35-4)29-9-7-24(20)37-18-5-6-23-19(11-18)17(3)14-32(23)27(34)30-10-8-28/h5-7,9,11-13,16-17H,8,10,14-15H2,1-4H3,(H,30,34)(H,31,33). The van der Waals surface area contributed by atoms with Crippen molar-refractivity contribution >= 4 is 28.5 Å². The number of hydroxylamine groups is 1. The van der Waals surface area contributed by atoms with Gasteiger partial charge in [0.25, 0.3) is 5.91 Å². The largest absolute Gasteiger partial charge is 0.496 e. The second-order valence-electron chi connectivity index (χ2n) is 9.27. The number of benzene rings is 2. The lowest BCUT2D eigenvalue weighted by molar-refractivity contribution is 0.0207. The zero-order chi connectivity index (χ0) is 26.5. The molecule has 0 bridgehead atoms. The normalized spacial score (nSPS) is 14.5. The molecule has 1 aliphatic rings. The molecular weight excluding hydrogens is 479 g/mol. The molecule has 10 heteroatoms. The lowest BCUT2D eigenvalue weighted by Crippen LogP contribution is -2.40. The van der Waals surface area contributed by atoms with Crippen LogP contribution in [0.25, 0.3) is 10.9 Å². The van der Waals surface area contributed by atoms with Gasteiger partial charge < -0.3 is 14.8 Å². The number of nitrogens with one attached hydrogen (secondary N) is 2. The van der Waals surface area contributed by atoms with Gasteiger partial charge in [-0.25, -0.2) is 14.7 Å². The summed E-state index contributed by atoms with van der Waals surface area (Å²) in [5.74, 6) is 1.34. The molecule has 1 atom stereocenters. The highest BCUT2D eigenvalue weighted by atomic mass is 19.1. The van der Waals surface area contributed by atoms with Crippen LogP contribution in [0.5, 0.6) is 17.2 Å². The van der Waals surface area contributed by atoms with Crippen LogP contribution in [0.3, 0.4) is 0 Å². The van der Waals surface area contributed by atoms with E-state index < -0.39 is 12.6 Å². The minimum absolute atomic E-state index is 0.0238. The lowest BCUT2D eigenvalue weighted by atomic mass is 10.0. The van der Waals surface area contributed by atoms with Crippen molar-refractivity contribution in [3.63, 3.8) is 0 Å². The SMILES string of the molecule is COc1cc2nccc(Oc3ccc4c(c3)C(C)CN4C(=O)NCCF)c2cc1C(=O)NOCC(C)C. The number of carbonyl (C=O) groups is 2. The Bertz CT molecular complexity index is 1300. The molecule has 37 heavy (non-hydrogen) atoms. The van der Waals surface area contributed by atoms with Crippen LogP contribution in [0.1, 0.15) is 42.6 Å². The zero-order valence-corrected chi connectivity index (χ0v) is 21.3. The smallest absolute Gasteiger partial charge is 0.321 e. The molecule has 3 aromatic rings. The Balaban J connectivity index is 1.62. The third-order valence-corrected chi connectivity index (χ3v) is 5.97. The van der Waals surface area contributed by atoms with Crippen molar-refractivity contribution in [1.29, 1.82) is 0 Å². The summed E-state index contributed by atoms with van der Waals surface area (Å²) in [7, 11) is 1.49. The van der Waals surface area contributed by atoms with Crippen LogP contribution in [-0.4, -0.2) is 50.4 Å². The number of anilines is 1. The van der Waals surface area contributed by atoms with Gasteiger partial charge in [0, 0.05) is 42.3 Å². The summed E-state index contributed by atoms with van der Waals surface area (Å²) >= 11 is 0. The molecule has 0 aliphatic carbocycles. The van der Waals surface area contributed by atoms with Gasteiger partial charge in [0.2, 0.25) is 0 Å². The molecule has 3 amide bonds. The maximum absolute atomic E-state index is 12.8. The van der Waals surface area contributed by atoms with Crippen molar-refractivity contribution in [2.24, 2.45) is 5.92 Å². The molecule has 1 aliphatic heterocycles. The molecule has 1 aromatic heterocycles. The van der Waals surface area contributed by atoms with E-state index in [2.05, 4.69) is 15.8 Å². The molecule has 0 spiro atoms. The third-order valence-electron chi connectivity index (χ3n) is 5.97. The van der Waals surface area contributed by atoms with Crippen molar-refractivity contribution in [2.45, 2.75) is 26.7 Å². The fourth-order valence-electron chi connectivity index (χ4n) is 4.19. The second-order valence-corrected chi connectivity index (χ2v) is 9.27. The Hall–Kier alpha value is -3.92. The Labute approximate surface area is 214 Å². The highest BCUT2D eigenvalue weighted by molar-refractivity contribution is 6.01. The number of fused-ring (bicyclic) bond motifs is 2. The molecule has 2 N–H and O–H groups in total. The van der Waals surface area contributed by atoms with E-state index in [1.54, 1.807) is 35.4 Å². The van der Waals surface area contributed by atoms with Gasteiger partial charge in [-0.1, -0.05) is 20.8 Å². The Kier molecular flexibility index (Phi) is 8.08. The number of methoxy groups -OCH3 is 1. The quantitative estimate of drug-likeness (QED) is 0.395. The highest BCUT2D eigenvalue weighted by Crippen LogP contribution is 2.40. The highest BCUT2D eigenvalue weighted by Gasteiger charge is 2.30. The van der Waals surface area contributed by atoms with Crippen LogP contribution in [0.2, 0.25) is 0 Å². The Morgan fingerprint density at radius 3 is 2.73 bits per heavy atom. The van der Waals surface area contributed by atoms with E-state index in [1.807, 2.05) is 32.9 Å². The molecule has 9 nitrogen and oxygen atoms in total. The molecule has 2 aromatic carbocycles. The third kappa shape index (κ3) is 5.75. The average Bonchev–Trinajstić information content (AvgIpc) is 3.22. The number of hydrogen-bond acceptors (Lipinski definition) is 6. The van der Waals surface area contributed by atoms with Gasteiger partial charge in [-0.3, -0.25) is 19.5 Å². The van der Waals surface area contributed by atoms with Crippen LogP contribution < -0.4 is 25.2 Å². The van der Waals surface area contributed by atoms with E-state index in [9.17, 15) is 14.0 Å². The minimum atomic E-state index is -0.616. The fraction of sp³-hybridized carbons (Fsp3) is 0.370. The number of amides is 3. The number of hydrogen-bond donors (Lipinski definition) is 2. The van der Waals surface area contributed by atoms with Crippen LogP contribution >= 0.6 is 0 Å². The van der Waals surface area contributed by atoms with E-state index in [1.165, 1.54) is 7.11 Å². The van der Waals surface area contributed by atoms with Crippen molar-refractivity contribution in [1.82, 2.24) is 15.8 Å². The van der Waals surface area contributed by atoms with Gasteiger partial charge in [-0.2, -0.15) is 0 Å². The summed E-state index contributed by atoms with van der Waals surface area (Å²) in [5.41, 5.74) is 5.06. The lowest BCUT2D eigenvalue weighted by Gasteiger charge is -2.18. The first-order valence-electron chi connectivity index (χ1n) is 12.1. The van der Waals surface area contributed by atoms with Crippen molar-refractivity contribution < 1.29 is 28.3 Å². The number of urea groups is 1.